The Balaban J connectivity index is 2.15. The first-order valence-electron chi connectivity index (χ1n) is 3.75. The lowest BCUT2D eigenvalue weighted by Crippen LogP contribution is -1.91. The van der Waals surface area contributed by atoms with Crippen LogP contribution in [0.5, 0.6) is 5.75 Å². The van der Waals surface area contributed by atoms with Crippen molar-refractivity contribution >= 4 is 11.8 Å². The van der Waals surface area contributed by atoms with Gasteiger partial charge in [0.2, 0.25) is 0 Å². The molecule has 0 saturated carbocycles. The second-order valence-electron chi connectivity index (χ2n) is 2.79. The summed E-state index contributed by atoms with van der Waals surface area (Å²) in [4.78, 5) is 0. The average molecular weight is 166 g/mol. The molecule has 1 aromatic rings. The quantitative estimate of drug-likeness (QED) is 0.678. The van der Waals surface area contributed by atoms with Gasteiger partial charge in [-0.25, -0.2) is 0 Å². The van der Waals surface area contributed by atoms with Gasteiger partial charge in [-0.1, -0.05) is 18.2 Å². The van der Waals surface area contributed by atoms with Crippen LogP contribution in [0.15, 0.2) is 24.3 Å². The highest BCUT2D eigenvalue weighted by Gasteiger charge is 2.23. The number of phenolic OH excluding ortho intramolecular Hbond substituents is 1. The van der Waals surface area contributed by atoms with E-state index in [1.54, 1.807) is 6.07 Å². The minimum absolute atomic E-state index is 0.444. The highest BCUT2D eigenvalue weighted by atomic mass is 32.2. The number of phenols is 1. The van der Waals surface area contributed by atoms with Crippen molar-refractivity contribution in [1.82, 2.24) is 0 Å². The van der Waals surface area contributed by atoms with Gasteiger partial charge in [-0.15, -0.1) is 0 Å². The van der Waals surface area contributed by atoms with Crippen LogP contribution < -0.4 is 0 Å². The maximum atomic E-state index is 9.38. The van der Waals surface area contributed by atoms with Crippen molar-refractivity contribution < 1.29 is 5.11 Å². The van der Waals surface area contributed by atoms with E-state index in [-0.39, 0.29) is 0 Å². The van der Waals surface area contributed by atoms with Gasteiger partial charge in [0, 0.05) is 11.0 Å². The molecule has 2 rings (SSSR count). The zero-order valence-electron chi connectivity index (χ0n) is 6.16. The Morgan fingerprint density at radius 1 is 1.45 bits per heavy atom. The summed E-state index contributed by atoms with van der Waals surface area (Å²) in [6.07, 6.45) is 1.03. The van der Waals surface area contributed by atoms with Crippen molar-refractivity contribution in [3.05, 3.63) is 29.8 Å². The second kappa shape index (κ2) is 2.78. The van der Waals surface area contributed by atoms with Crippen LogP contribution in [0.2, 0.25) is 0 Å². The fourth-order valence-corrected chi connectivity index (χ4v) is 1.67. The third-order valence-corrected chi connectivity index (χ3v) is 2.81. The first kappa shape index (κ1) is 7.04. The van der Waals surface area contributed by atoms with E-state index in [1.807, 2.05) is 30.0 Å². The molecule has 1 fully saturated rings. The number of thioether (sulfide) groups is 1. The Morgan fingerprint density at radius 3 is 2.82 bits per heavy atom. The summed E-state index contributed by atoms with van der Waals surface area (Å²) in [5, 5.41) is 10.1. The Bertz CT molecular complexity index is 255. The molecule has 1 aliphatic rings. The van der Waals surface area contributed by atoms with Gasteiger partial charge in [0.1, 0.15) is 5.75 Å². The van der Waals surface area contributed by atoms with E-state index in [9.17, 15) is 5.11 Å². The van der Waals surface area contributed by atoms with Crippen LogP contribution >= 0.6 is 11.8 Å². The molecule has 58 valence electrons. The van der Waals surface area contributed by atoms with Crippen LogP contribution in [-0.4, -0.2) is 16.1 Å². The highest BCUT2D eigenvalue weighted by Crippen LogP contribution is 2.34. The van der Waals surface area contributed by atoms with E-state index in [2.05, 4.69) is 0 Å². The predicted molar refractivity (Wildman–Crippen MR) is 48.1 cm³/mol. The molecule has 1 saturated heterocycles. The van der Waals surface area contributed by atoms with Crippen molar-refractivity contribution in [2.24, 2.45) is 0 Å². The Morgan fingerprint density at radius 2 is 2.18 bits per heavy atom. The first-order valence-corrected chi connectivity index (χ1v) is 4.79. The fraction of sp³-hybridized carbons (Fsp3) is 0.333. The van der Waals surface area contributed by atoms with E-state index in [4.69, 9.17) is 0 Å². The predicted octanol–water partition coefficient (Wildman–Crippen LogP) is 2.05. The number of rotatable bonds is 2. The summed E-state index contributed by atoms with van der Waals surface area (Å²) >= 11 is 1.96. The topological polar surface area (TPSA) is 20.2 Å². The average Bonchev–Trinajstić information content (AvgIpc) is 2.78. The molecule has 0 aromatic heterocycles. The summed E-state index contributed by atoms with van der Waals surface area (Å²) in [5.74, 6) is 1.70. The molecule has 0 bridgehead atoms. The van der Waals surface area contributed by atoms with E-state index in [0.717, 1.165) is 17.2 Å². The van der Waals surface area contributed by atoms with Crippen LogP contribution in [-0.2, 0) is 6.42 Å². The van der Waals surface area contributed by atoms with Gasteiger partial charge in [0.05, 0.1) is 0 Å². The van der Waals surface area contributed by atoms with Crippen LogP contribution in [0, 0.1) is 0 Å². The van der Waals surface area contributed by atoms with Gasteiger partial charge >= 0.3 is 0 Å². The summed E-state index contributed by atoms with van der Waals surface area (Å²) in [6, 6.07) is 7.58. The van der Waals surface area contributed by atoms with Gasteiger partial charge in [-0.05, 0) is 18.1 Å². The van der Waals surface area contributed by atoms with E-state index in [1.165, 1.54) is 5.75 Å². The largest absolute Gasteiger partial charge is 0.508 e. The van der Waals surface area contributed by atoms with Crippen LogP contribution in [0.1, 0.15) is 5.56 Å². The van der Waals surface area contributed by atoms with Crippen molar-refractivity contribution in [1.29, 1.82) is 0 Å². The maximum absolute atomic E-state index is 9.38. The molecule has 2 heteroatoms. The molecular formula is C9H10OS. The van der Waals surface area contributed by atoms with Crippen molar-refractivity contribution in [3.8, 4) is 5.75 Å². The van der Waals surface area contributed by atoms with Gasteiger partial charge in [-0.2, -0.15) is 11.8 Å². The van der Waals surface area contributed by atoms with E-state index in [0.29, 0.717) is 5.75 Å². The number of hydrogen-bond donors (Lipinski definition) is 1. The standard InChI is InChI=1S/C9H10OS/c10-9-4-2-1-3-7(9)5-8-6-11-8/h1-4,8,10H,5-6H2/t8-/m1/s1. The third-order valence-electron chi connectivity index (χ3n) is 1.84. The number of hydrogen-bond acceptors (Lipinski definition) is 2. The van der Waals surface area contributed by atoms with Gasteiger partial charge in [0.25, 0.3) is 0 Å². The number of para-hydroxylation sites is 1. The second-order valence-corrected chi connectivity index (χ2v) is 4.12. The molecule has 1 heterocycles. The molecule has 1 nitrogen and oxygen atoms in total. The molecule has 11 heavy (non-hydrogen) atoms. The molecule has 0 radical (unpaired) electrons. The fourth-order valence-electron chi connectivity index (χ4n) is 1.11. The van der Waals surface area contributed by atoms with Gasteiger partial charge < -0.3 is 5.11 Å². The number of benzene rings is 1. The Hall–Kier alpha value is -0.630. The molecular weight excluding hydrogens is 156 g/mol. The molecule has 1 atom stereocenters. The lowest BCUT2D eigenvalue weighted by atomic mass is 10.1. The van der Waals surface area contributed by atoms with Crippen molar-refractivity contribution in [2.75, 3.05) is 5.75 Å². The van der Waals surface area contributed by atoms with Gasteiger partial charge in [0.15, 0.2) is 0 Å². The monoisotopic (exact) mass is 166 g/mol. The molecule has 1 N–H and O–H groups in total. The highest BCUT2D eigenvalue weighted by molar-refractivity contribution is 8.06. The summed E-state index contributed by atoms with van der Waals surface area (Å²) < 4.78 is 0. The SMILES string of the molecule is Oc1ccccc1C[C@@H]1CS1. The lowest BCUT2D eigenvalue weighted by Gasteiger charge is -2.00. The van der Waals surface area contributed by atoms with Gasteiger partial charge in [-0.3, -0.25) is 0 Å². The third kappa shape index (κ3) is 1.69. The molecule has 1 aromatic carbocycles. The lowest BCUT2D eigenvalue weighted by molar-refractivity contribution is 0.468. The zero-order chi connectivity index (χ0) is 7.68. The summed E-state index contributed by atoms with van der Waals surface area (Å²) in [6.45, 7) is 0. The Labute approximate surface area is 70.4 Å². The Kier molecular flexibility index (Phi) is 1.78. The number of aromatic hydroxyl groups is 1. The molecule has 1 aliphatic heterocycles. The molecule has 0 unspecified atom stereocenters. The first-order chi connectivity index (χ1) is 5.36. The maximum Gasteiger partial charge on any atom is 0.118 e. The molecule has 0 aliphatic carbocycles. The van der Waals surface area contributed by atoms with Crippen LogP contribution in [0.4, 0.5) is 0 Å². The minimum Gasteiger partial charge on any atom is -0.508 e. The minimum atomic E-state index is 0.444. The van der Waals surface area contributed by atoms with E-state index >= 15 is 0 Å². The summed E-state index contributed by atoms with van der Waals surface area (Å²) in [7, 11) is 0. The summed E-state index contributed by atoms with van der Waals surface area (Å²) in [5.41, 5.74) is 1.09. The normalized spacial score (nSPS) is 21.6. The van der Waals surface area contributed by atoms with Crippen LogP contribution in [0.25, 0.3) is 0 Å². The zero-order valence-corrected chi connectivity index (χ0v) is 6.97. The van der Waals surface area contributed by atoms with Crippen molar-refractivity contribution in [3.63, 3.8) is 0 Å². The molecule has 0 spiro atoms. The molecule has 0 amide bonds. The van der Waals surface area contributed by atoms with Crippen LogP contribution in [0.3, 0.4) is 0 Å². The van der Waals surface area contributed by atoms with Crippen molar-refractivity contribution in [2.45, 2.75) is 11.7 Å². The van der Waals surface area contributed by atoms with E-state index < -0.39 is 0 Å². The smallest absolute Gasteiger partial charge is 0.118 e.